The maximum absolute atomic E-state index is 12.4. The Kier molecular flexibility index (Phi) is 5.59. The highest BCUT2D eigenvalue weighted by atomic mass is 16.5. The minimum Gasteiger partial charge on any atom is -0.379 e. The molecule has 1 saturated heterocycles. The van der Waals surface area contributed by atoms with E-state index in [1.165, 1.54) is 0 Å². The van der Waals surface area contributed by atoms with Crippen molar-refractivity contribution in [1.29, 1.82) is 0 Å². The number of ether oxygens (including phenoxy) is 1. The van der Waals surface area contributed by atoms with Crippen molar-refractivity contribution in [3.8, 4) is 0 Å². The summed E-state index contributed by atoms with van der Waals surface area (Å²) < 4.78 is 5.45. The van der Waals surface area contributed by atoms with Gasteiger partial charge in [-0.1, -0.05) is 6.92 Å². The van der Waals surface area contributed by atoms with E-state index in [0.29, 0.717) is 13.2 Å². The highest BCUT2D eigenvalue weighted by molar-refractivity contribution is 5.93. The third-order valence-electron chi connectivity index (χ3n) is 3.73. The quantitative estimate of drug-likeness (QED) is 0.838. The summed E-state index contributed by atoms with van der Waals surface area (Å²) in [5, 5.41) is 6.36. The maximum atomic E-state index is 12.4. The van der Waals surface area contributed by atoms with E-state index in [-0.39, 0.29) is 17.9 Å². The van der Waals surface area contributed by atoms with Crippen molar-refractivity contribution in [3.05, 3.63) is 24.3 Å². The van der Waals surface area contributed by atoms with E-state index in [4.69, 9.17) is 4.74 Å². The van der Waals surface area contributed by atoms with Gasteiger partial charge in [-0.2, -0.15) is 0 Å². The van der Waals surface area contributed by atoms with Crippen molar-refractivity contribution < 1.29 is 9.53 Å². The zero-order valence-electron chi connectivity index (χ0n) is 13.1. The molecule has 116 valence electrons. The molecule has 0 saturated carbocycles. The average Bonchev–Trinajstić information content (AvgIpc) is 2.94. The molecule has 0 bridgehead atoms. The van der Waals surface area contributed by atoms with Crippen LogP contribution in [0.25, 0.3) is 0 Å². The van der Waals surface area contributed by atoms with E-state index in [2.05, 4.69) is 17.6 Å². The topological polar surface area (TPSA) is 53.6 Å². The summed E-state index contributed by atoms with van der Waals surface area (Å²) in [6.07, 6.45) is 1.05. The molecule has 1 amide bonds. The number of carbonyl (C=O) groups excluding carboxylic acids is 1. The predicted molar refractivity (Wildman–Crippen MR) is 85.8 cm³/mol. The van der Waals surface area contributed by atoms with Gasteiger partial charge in [0.25, 0.3) is 0 Å². The fraction of sp³-hybridized carbons (Fsp3) is 0.562. The number of nitrogens with one attached hydrogen (secondary N) is 2. The molecule has 0 aromatic heterocycles. The summed E-state index contributed by atoms with van der Waals surface area (Å²) in [5.74, 6) is -0.0937. The van der Waals surface area contributed by atoms with Gasteiger partial charge >= 0.3 is 0 Å². The molecule has 5 nitrogen and oxygen atoms in total. The predicted octanol–water partition coefficient (Wildman–Crippen LogP) is 1.71. The number of rotatable bonds is 6. The van der Waals surface area contributed by atoms with Crippen LogP contribution in [0.2, 0.25) is 0 Å². The number of hydrogen-bond donors (Lipinski definition) is 2. The molecule has 1 aromatic rings. The Morgan fingerprint density at radius 1 is 1.29 bits per heavy atom. The second-order valence-corrected chi connectivity index (χ2v) is 5.64. The summed E-state index contributed by atoms with van der Waals surface area (Å²) in [4.78, 5) is 14.4. The molecule has 2 N–H and O–H groups in total. The van der Waals surface area contributed by atoms with E-state index in [0.717, 1.165) is 24.3 Å². The molecule has 0 spiro atoms. The lowest BCUT2D eigenvalue weighted by atomic mass is 10.0. The molecular weight excluding hydrogens is 266 g/mol. The summed E-state index contributed by atoms with van der Waals surface area (Å²) in [6, 6.07) is 7.96. The first-order valence-corrected chi connectivity index (χ1v) is 7.51. The van der Waals surface area contributed by atoms with Crippen LogP contribution in [0.3, 0.4) is 0 Å². The number of hydrogen-bond acceptors (Lipinski definition) is 4. The second-order valence-electron chi connectivity index (χ2n) is 5.64. The van der Waals surface area contributed by atoms with Crippen molar-refractivity contribution in [3.63, 3.8) is 0 Å². The van der Waals surface area contributed by atoms with Crippen molar-refractivity contribution in [2.24, 2.45) is 5.92 Å². The third kappa shape index (κ3) is 4.19. The monoisotopic (exact) mass is 291 g/mol. The molecule has 2 rings (SSSR count). The smallest absolute Gasteiger partial charge is 0.231 e. The third-order valence-corrected chi connectivity index (χ3v) is 3.73. The Morgan fingerprint density at radius 2 is 2.00 bits per heavy atom. The zero-order chi connectivity index (χ0) is 15.2. The van der Waals surface area contributed by atoms with Crippen molar-refractivity contribution in [1.82, 2.24) is 5.32 Å². The molecule has 21 heavy (non-hydrogen) atoms. The van der Waals surface area contributed by atoms with Gasteiger partial charge in [-0.3, -0.25) is 4.79 Å². The molecule has 0 aliphatic carbocycles. The lowest BCUT2D eigenvalue weighted by Crippen LogP contribution is -2.41. The first kappa shape index (κ1) is 15.8. The van der Waals surface area contributed by atoms with Gasteiger partial charge < -0.3 is 20.3 Å². The maximum Gasteiger partial charge on any atom is 0.231 e. The van der Waals surface area contributed by atoms with Gasteiger partial charge in [-0.25, -0.2) is 0 Å². The van der Waals surface area contributed by atoms with Crippen LogP contribution in [-0.4, -0.2) is 45.8 Å². The van der Waals surface area contributed by atoms with Crippen LogP contribution >= 0.6 is 0 Å². The standard InChI is InChI=1S/C16H25N3O2/c1-4-9-17-15-11-21-10-14(15)16(20)18-12-5-7-13(8-6-12)19(2)3/h5-8,14-15,17H,4,9-11H2,1-3H3,(H,18,20). The molecule has 0 radical (unpaired) electrons. The van der Waals surface area contributed by atoms with Gasteiger partial charge in [0.2, 0.25) is 5.91 Å². The first-order chi connectivity index (χ1) is 10.1. The SMILES string of the molecule is CCCNC1COCC1C(=O)Nc1ccc(N(C)C)cc1. The van der Waals surface area contributed by atoms with Crippen molar-refractivity contribution in [2.45, 2.75) is 19.4 Å². The summed E-state index contributed by atoms with van der Waals surface area (Å²) in [5.41, 5.74) is 1.94. The number of anilines is 2. The first-order valence-electron chi connectivity index (χ1n) is 7.51. The Bertz CT molecular complexity index is 459. The molecule has 1 aliphatic heterocycles. The number of nitrogens with zero attached hydrogens (tertiary/aromatic N) is 1. The minimum atomic E-state index is -0.120. The Labute approximate surface area is 126 Å². The van der Waals surface area contributed by atoms with E-state index >= 15 is 0 Å². The molecule has 5 heteroatoms. The Balaban J connectivity index is 1.93. The van der Waals surface area contributed by atoms with Crippen molar-refractivity contribution >= 4 is 17.3 Å². The van der Waals surface area contributed by atoms with E-state index in [1.807, 2.05) is 43.3 Å². The number of amides is 1. The van der Waals surface area contributed by atoms with Crippen LogP contribution in [0.4, 0.5) is 11.4 Å². The fourth-order valence-electron chi connectivity index (χ4n) is 2.42. The van der Waals surface area contributed by atoms with Crippen LogP contribution in [0, 0.1) is 5.92 Å². The molecule has 1 aromatic carbocycles. The van der Waals surface area contributed by atoms with Crippen LogP contribution < -0.4 is 15.5 Å². The van der Waals surface area contributed by atoms with Gasteiger partial charge in [0, 0.05) is 31.5 Å². The molecule has 1 fully saturated rings. The molecule has 1 aliphatic rings. The van der Waals surface area contributed by atoms with Crippen molar-refractivity contribution in [2.75, 3.05) is 44.1 Å². The van der Waals surface area contributed by atoms with Gasteiger partial charge in [0.1, 0.15) is 0 Å². The Hall–Kier alpha value is -1.59. The van der Waals surface area contributed by atoms with Gasteiger partial charge in [0.15, 0.2) is 0 Å². The number of benzene rings is 1. The summed E-state index contributed by atoms with van der Waals surface area (Å²) in [6.45, 7) is 4.13. The lowest BCUT2D eigenvalue weighted by molar-refractivity contribution is -0.120. The Morgan fingerprint density at radius 3 is 2.62 bits per heavy atom. The van der Waals surface area contributed by atoms with E-state index in [9.17, 15) is 4.79 Å². The highest BCUT2D eigenvalue weighted by Crippen LogP contribution is 2.19. The van der Waals surface area contributed by atoms with Gasteiger partial charge in [0.05, 0.1) is 19.1 Å². The molecule has 1 heterocycles. The molecule has 2 atom stereocenters. The van der Waals surface area contributed by atoms with Gasteiger partial charge in [-0.05, 0) is 37.2 Å². The summed E-state index contributed by atoms with van der Waals surface area (Å²) >= 11 is 0. The number of carbonyl (C=O) groups is 1. The normalized spacial score (nSPS) is 21.3. The molecule has 2 unspecified atom stereocenters. The summed E-state index contributed by atoms with van der Waals surface area (Å²) in [7, 11) is 3.99. The van der Waals surface area contributed by atoms with Crippen LogP contribution in [0.5, 0.6) is 0 Å². The average molecular weight is 291 g/mol. The molecular formula is C16H25N3O2. The van der Waals surface area contributed by atoms with Crippen LogP contribution in [0.15, 0.2) is 24.3 Å². The van der Waals surface area contributed by atoms with E-state index in [1.54, 1.807) is 0 Å². The fourth-order valence-corrected chi connectivity index (χ4v) is 2.42. The second kappa shape index (κ2) is 7.43. The van der Waals surface area contributed by atoms with E-state index < -0.39 is 0 Å². The van der Waals surface area contributed by atoms with Gasteiger partial charge in [-0.15, -0.1) is 0 Å². The minimum absolute atomic E-state index is 0.0266. The highest BCUT2D eigenvalue weighted by Gasteiger charge is 2.33. The van der Waals surface area contributed by atoms with Crippen LogP contribution in [-0.2, 0) is 9.53 Å². The lowest BCUT2D eigenvalue weighted by Gasteiger charge is -2.19. The zero-order valence-corrected chi connectivity index (χ0v) is 13.1. The largest absolute Gasteiger partial charge is 0.379 e. The van der Waals surface area contributed by atoms with Crippen LogP contribution in [0.1, 0.15) is 13.3 Å².